The lowest BCUT2D eigenvalue weighted by Gasteiger charge is -2.24. The number of hydrogen-bond acceptors (Lipinski definition) is 37. The zero-order chi connectivity index (χ0) is 78.6. The molecule has 0 aromatic rings. The summed E-state index contributed by atoms with van der Waals surface area (Å²) >= 11 is 6.34. The van der Waals surface area contributed by atoms with E-state index in [1.165, 1.54) is 6.08 Å². The number of nitrogens with zero attached hydrogens (tertiary/aromatic N) is 5. The number of alkyl halides is 2. The molecule has 2 unspecified atom stereocenters. The van der Waals surface area contributed by atoms with E-state index in [4.69, 9.17) is 131 Å². The van der Waals surface area contributed by atoms with Gasteiger partial charge >= 0.3 is 60.1 Å². The van der Waals surface area contributed by atoms with Gasteiger partial charge in [0, 0.05) is 30.8 Å². The van der Waals surface area contributed by atoms with Gasteiger partial charge in [-0.1, -0.05) is 38.4 Å². The van der Waals surface area contributed by atoms with Crippen LogP contribution in [-0.2, 0) is 91.2 Å². The van der Waals surface area contributed by atoms with Crippen LogP contribution in [0.25, 0.3) is 0 Å². The largest absolute Gasteiger partial charge is 0.662 e. The van der Waals surface area contributed by atoms with Crippen LogP contribution in [0.1, 0.15) is 93.9 Å². The molecule has 0 aromatic carbocycles. The van der Waals surface area contributed by atoms with Crippen molar-refractivity contribution >= 4 is 176 Å². The van der Waals surface area contributed by atoms with Crippen LogP contribution in [0.15, 0.2) is 12.7 Å². The van der Waals surface area contributed by atoms with Gasteiger partial charge in [0.2, 0.25) is 0 Å². The van der Waals surface area contributed by atoms with Crippen LogP contribution < -0.4 is 0 Å². The number of esters is 4. The molecule has 0 saturated carbocycles. The molecule has 12 N–H and O–H groups in total. The van der Waals surface area contributed by atoms with Crippen molar-refractivity contribution in [2.45, 2.75) is 103 Å². The molecule has 0 aliphatic carbocycles. The normalized spacial score (nSPS) is 11.8. The summed E-state index contributed by atoms with van der Waals surface area (Å²) in [5, 5.41) is 42.8. The Morgan fingerprint density at radius 3 is 0.765 bits per heavy atom. The SMILES string of the molecule is C=CC#N.CC(C)(Br)C(=O)OCCOCCO[Si](O)(O)O[SiH3].CC(C)(Br)C(=O)OCCOCCO[Si](O)(O)O[SiH3].CC(C)(CC(C#N)CCC#N)C(=O)OCCOCCO[Si](O)(O)O[SiH3].CC(C)(CC(C#N)CCC#N)C(=O)OCCOCCO[Si](O)(O)O[SiH3].O[SiH3].O[SiH3].O[SiH3].O[SiH3]. The Morgan fingerprint density at radius 1 is 0.408 bits per heavy atom. The van der Waals surface area contributed by atoms with Gasteiger partial charge in [-0.3, -0.25) is 19.2 Å². The summed E-state index contributed by atoms with van der Waals surface area (Å²) in [6.45, 7) is 18.2. The lowest BCUT2D eigenvalue weighted by atomic mass is 9.81. The molecule has 0 rings (SSSR count). The van der Waals surface area contributed by atoms with E-state index in [0.717, 1.165) is 0 Å². The molecule has 0 aliphatic heterocycles. The van der Waals surface area contributed by atoms with Crippen LogP contribution in [0.5, 0.6) is 0 Å². The van der Waals surface area contributed by atoms with Crippen LogP contribution in [-0.4, -0.2) is 316 Å². The molecule has 0 saturated heterocycles. The Bertz CT molecular complexity index is 2070. The van der Waals surface area contributed by atoms with E-state index in [9.17, 15) is 19.2 Å². The number of hydrogen-bond donors (Lipinski definition) is 12. The van der Waals surface area contributed by atoms with Crippen molar-refractivity contribution in [3.8, 4) is 30.3 Å². The first kappa shape index (κ1) is 114. The second-order valence-electron chi connectivity index (χ2n) is 19.9. The van der Waals surface area contributed by atoms with E-state index in [2.05, 4.69) is 75.9 Å². The molecule has 0 amide bonds. The number of rotatable bonds is 44. The molecule has 576 valence electrons. The standard InChI is InChI=1S/2C14H26N2O7Si2.2C8H19BrO7Si2.C3H3N.4H4OSi/c2*1-14(2,10-12(11-16)4-3-5-15)13(17)21-8-6-20-7-9-22-25(18,19)23-24;2*1-8(2,9)7(10)14-5-3-13-4-6-15-18(11,12)16-17;1-2-3-4;4*1-2/h2*12,18-19H,3-4,6-10H2,1-2,24H3;2*11-12H,3-6H2,1-2,17H3;2H,1H2;4*1H,2H3. The number of carbonyl (C=O) groups excluding carboxylic acids is 4. The third-order valence-electron chi connectivity index (χ3n) is 10.2. The number of allylic oxidation sites excluding steroid dienone is 1. The van der Waals surface area contributed by atoms with Crippen molar-refractivity contribution in [3.63, 3.8) is 0 Å². The average Bonchev–Trinajstić information content (AvgIpc) is 1.47. The van der Waals surface area contributed by atoms with E-state index < -0.39 is 67.6 Å². The van der Waals surface area contributed by atoms with Crippen molar-refractivity contribution in [3.05, 3.63) is 12.7 Å². The summed E-state index contributed by atoms with van der Waals surface area (Å²) in [7, 11) is -13.8. The molecule has 98 heavy (non-hydrogen) atoms. The van der Waals surface area contributed by atoms with E-state index in [0.29, 0.717) is 67.6 Å². The second kappa shape index (κ2) is 71.7. The monoisotopic (exact) mass is 1750 g/mol. The molecule has 2 atom stereocenters. The average molecular weight is 1750 g/mol. The predicted octanol–water partition coefficient (Wildman–Crippen LogP) is -11.1. The predicted molar refractivity (Wildman–Crippen MR) is 391 cm³/mol. The number of nitriles is 5. The summed E-state index contributed by atoms with van der Waals surface area (Å²) in [6, 6.07) is 9.90. The lowest BCUT2D eigenvalue weighted by Crippen LogP contribution is -2.43. The first-order chi connectivity index (χ1) is 45.7. The van der Waals surface area contributed by atoms with Gasteiger partial charge in [-0.25, -0.2) is 0 Å². The van der Waals surface area contributed by atoms with E-state index in [1.54, 1.807) is 61.5 Å². The molecule has 0 bridgehead atoms. The first-order valence-electron chi connectivity index (χ1n) is 28.9. The van der Waals surface area contributed by atoms with Crippen molar-refractivity contribution < 1.29 is 149 Å². The van der Waals surface area contributed by atoms with Gasteiger partial charge < -0.3 is 130 Å². The van der Waals surface area contributed by atoms with Crippen LogP contribution >= 0.6 is 31.9 Å². The molecule has 37 nitrogen and oxygen atoms in total. The van der Waals surface area contributed by atoms with Crippen molar-refractivity contribution in [2.75, 3.05) is 106 Å². The fraction of sp³-hybridized carbons (Fsp3) is 0.766. The van der Waals surface area contributed by atoms with Gasteiger partial charge in [0.15, 0.2) is 0 Å². The van der Waals surface area contributed by atoms with Crippen molar-refractivity contribution in [1.29, 1.82) is 26.3 Å². The third-order valence-corrected chi connectivity index (χ3v) is 21.7. The zero-order valence-electron chi connectivity index (χ0n) is 59.0. The molecule has 0 aliphatic rings. The molecular weight excluding hydrogens is 1640 g/mol. The van der Waals surface area contributed by atoms with Crippen LogP contribution in [0.3, 0.4) is 0 Å². The van der Waals surface area contributed by atoms with Gasteiger partial charge in [-0.15, -0.1) is 0 Å². The molecule has 0 aromatic heterocycles. The number of halogens is 2. The smallest absolute Gasteiger partial charge is 0.463 e. The Hall–Kier alpha value is -2.33. The highest BCUT2D eigenvalue weighted by molar-refractivity contribution is 9.10. The molecule has 0 radical (unpaired) electrons. The minimum absolute atomic E-state index is 0.0132. The maximum absolute atomic E-state index is 12.1. The minimum Gasteiger partial charge on any atom is -0.463 e. The van der Waals surface area contributed by atoms with Gasteiger partial charge in [0.25, 0.3) is 0 Å². The highest BCUT2D eigenvalue weighted by Gasteiger charge is 2.37. The third kappa shape index (κ3) is 79.4. The highest BCUT2D eigenvalue weighted by Crippen LogP contribution is 2.30. The molecular formula is C47H109Br2N5O32Si12. The minimum atomic E-state index is -3.97. The maximum Gasteiger partial charge on any atom is 0.662 e. The van der Waals surface area contributed by atoms with Gasteiger partial charge in [-0.05, 0) is 81.1 Å². The van der Waals surface area contributed by atoms with E-state index >= 15 is 0 Å². The quantitative estimate of drug-likeness (QED) is 0.00673. The summed E-state index contributed by atoms with van der Waals surface area (Å²) in [5.41, 5.74) is -1.67. The number of carbonyl (C=O) groups is 4. The molecule has 0 fully saturated rings. The van der Waals surface area contributed by atoms with Crippen LogP contribution in [0, 0.1) is 79.3 Å². The zero-order valence-corrected chi connectivity index (χ0v) is 82.2. The Balaban J connectivity index is -0.000000147. The topological polar surface area (TPSA) is 578 Å². The molecule has 0 spiro atoms. The summed E-state index contributed by atoms with van der Waals surface area (Å²) in [4.78, 5) is 148. The first-order valence-corrected chi connectivity index (χ1v) is 44.2. The molecule has 0 heterocycles. The Morgan fingerprint density at radius 2 is 0.602 bits per heavy atom. The summed E-state index contributed by atoms with van der Waals surface area (Å²) in [6.07, 6.45) is 3.22. The maximum atomic E-state index is 12.1. The number of ether oxygens (including phenoxy) is 8. The molecule has 51 heteroatoms. The van der Waals surface area contributed by atoms with Gasteiger partial charge in [0.05, 0.1) is 120 Å². The van der Waals surface area contributed by atoms with Crippen molar-refractivity contribution in [2.24, 2.45) is 22.7 Å². The Kier molecular flexibility index (Phi) is 83.5. The van der Waals surface area contributed by atoms with Gasteiger partial charge in [-0.2, -0.15) is 26.3 Å². The highest BCUT2D eigenvalue weighted by atomic mass is 79.9. The lowest BCUT2D eigenvalue weighted by molar-refractivity contribution is -0.157. The van der Waals surface area contributed by atoms with Crippen LogP contribution in [0.4, 0.5) is 0 Å². The fourth-order valence-corrected chi connectivity index (χ4v) is 8.90. The second-order valence-corrected chi connectivity index (χ2v) is 35.9. The fourth-order valence-electron chi connectivity index (χ4n) is 5.39. The van der Waals surface area contributed by atoms with E-state index in [1.807, 2.05) is 12.1 Å². The Labute approximate surface area is 620 Å². The summed E-state index contributed by atoms with van der Waals surface area (Å²) in [5.74, 6) is -2.37. The van der Waals surface area contributed by atoms with Crippen molar-refractivity contribution in [1.82, 2.24) is 0 Å². The van der Waals surface area contributed by atoms with Gasteiger partial charge in [0.1, 0.15) is 119 Å². The van der Waals surface area contributed by atoms with E-state index in [-0.39, 0.29) is 184 Å². The summed E-state index contributed by atoms with van der Waals surface area (Å²) < 4.78 is 75.9. The van der Waals surface area contributed by atoms with Crippen LogP contribution in [0.2, 0.25) is 0 Å².